The second kappa shape index (κ2) is 7.53. The molecule has 1 amide bonds. The third-order valence-corrected chi connectivity index (χ3v) is 3.78. The monoisotopic (exact) mass is 355 g/mol. The zero-order valence-electron chi connectivity index (χ0n) is 11.6. The molecule has 0 aromatic heterocycles. The van der Waals surface area contributed by atoms with E-state index in [0.29, 0.717) is 10.2 Å². The average Bonchev–Trinajstić information content (AvgIpc) is 2.69. The van der Waals surface area contributed by atoms with Gasteiger partial charge in [0.15, 0.2) is 0 Å². The van der Waals surface area contributed by atoms with E-state index in [1.165, 1.54) is 6.07 Å². The fraction of sp³-hybridized carbons (Fsp3) is 0.429. The van der Waals surface area contributed by atoms with Crippen molar-refractivity contribution in [2.45, 2.75) is 6.42 Å². The number of aromatic carboxylic acids is 1. The molecule has 1 aliphatic rings. The second-order valence-electron chi connectivity index (χ2n) is 4.92. The average molecular weight is 356 g/mol. The molecule has 3 N–H and O–H groups in total. The number of hydrogen-bond donors (Lipinski definition) is 3. The predicted octanol–water partition coefficient (Wildman–Crippen LogP) is 1.38. The Morgan fingerprint density at radius 2 is 2.14 bits per heavy atom. The van der Waals surface area contributed by atoms with Crippen LogP contribution in [0.25, 0.3) is 0 Å². The Morgan fingerprint density at radius 1 is 1.33 bits per heavy atom. The number of halogens is 1. The topological polar surface area (TPSA) is 81.7 Å². The van der Waals surface area contributed by atoms with Crippen molar-refractivity contribution in [3.63, 3.8) is 0 Å². The molecule has 2 rings (SSSR count). The molecule has 0 atom stereocenters. The molecule has 7 heteroatoms. The van der Waals surface area contributed by atoms with Gasteiger partial charge in [0.1, 0.15) is 0 Å². The quantitative estimate of drug-likeness (QED) is 0.760. The van der Waals surface area contributed by atoms with Gasteiger partial charge in [0.2, 0.25) is 5.91 Å². The highest BCUT2D eigenvalue weighted by Gasteiger charge is 2.16. The maximum Gasteiger partial charge on any atom is 0.337 e. The highest BCUT2D eigenvalue weighted by atomic mass is 79.9. The number of nitrogens with zero attached hydrogens (tertiary/aromatic N) is 1. The Balaban J connectivity index is 2.00. The van der Waals surface area contributed by atoms with E-state index < -0.39 is 5.97 Å². The molecule has 0 bridgehead atoms. The van der Waals surface area contributed by atoms with E-state index in [1.54, 1.807) is 12.1 Å². The molecule has 6 nitrogen and oxygen atoms in total. The van der Waals surface area contributed by atoms with Crippen molar-refractivity contribution in [2.24, 2.45) is 0 Å². The number of rotatable bonds is 4. The first-order valence-corrected chi connectivity index (χ1v) is 7.61. The number of amides is 1. The van der Waals surface area contributed by atoms with Gasteiger partial charge in [-0.15, -0.1) is 0 Å². The zero-order valence-corrected chi connectivity index (χ0v) is 13.1. The van der Waals surface area contributed by atoms with Crippen molar-refractivity contribution in [3.05, 3.63) is 28.2 Å². The second-order valence-corrected chi connectivity index (χ2v) is 5.84. The lowest BCUT2D eigenvalue weighted by Gasteiger charge is -2.19. The van der Waals surface area contributed by atoms with Crippen LogP contribution in [0.1, 0.15) is 16.8 Å². The Kier molecular flexibility index (Phi) is 5.72. The Labute approximate surface area is 131 Å². The van der Waals surface area contributed by atoms with Crippen molar-refractivity contribution in [1.29, 1.82) is 0 Å². The number of nitrogens with one attached hydrogen (secondary N) is 2. The number of carboxylic acids is 1. The van der Waals surface area contributed by atoms with Crippen molar-refractivity contribution in [3.8, 4) is 0 Å². The van der Waals surface area contributed by atoms with Gasteiger partial charge >= 0.3 is 5.97 Å². The van der Waals surface area contributed by atoms with Crippen molar-refractivity contribution >= 4 is 33.5 Å². The van der Waals surface area contributed by atoms with Crippen LogP contribution in [0.4, 0.5) is 5.69 Å². The lowest BCUT2D eigenvalue weighted by Crippen LogP contribution is -2.35. The maximum absolute atomic E-state index is 12.1. The van der Waals surface area contributed by atoms with Crippen LogP contribution in [0.5, 0.6) is 0 Å². The van der Waals surface area contributed by atoms with Crippen LogP contribution in [0.2, 0.25) is 0 Å². The van der Waals surface area contributed by atoms with Crippen LogP contribution in [0.3, 0.4) is 0 Å². The summed E-state index contributed by atoms with van der Waals surface area (Å²) in [7, 11) is 0. The fourth-order valence-corrected chi connectivity index (χ4v) is 2.62. The van der Waals surface area contributed by atoms with Gasteiger partial charge in [-0.25, -0.2) is 4.79 Å². The predicted molar refractivity (Wildman–Crippen MR) is 83.7 cm³/mol. The molecule has 1 aromatic rings. The Hall–Kier alpha value is -1.44. The SMILES string of the molecule is O=C(CN1CCCNCC1)Nc1ccc(Br)cc1C(=O)O. The highest BCUT2D eigenvalue weighted by molar-refractivity contribution is 9.10. The molecular weight excluding hydrogens is 338 g/mol. The minimum Gasteiger partial charge on any atom is -0.478 e. The van der Waals surface area contributed by atoms with E-state index in [0.717, 1.165) is 32.6 Å². The maximum atomic E-state index is 12.1. The van der Waals surface area contributed by atoms with Gasteiger partial charge in [-0.05, 0) is 37.7 Å². The molecule has 21 heavy (non-hydrogen) atoms. The van der Waals surface area contributed by atoms with Gasteiger partial charge in [0.05, 0.1) is 17.8 Å². The summed E-state index contributed by atoms with van der Waals surface area (Å²) >= 11 is 3.23. The molecular formula is C14H18BrN3O3. The molecule has 1 saturated heterocycles. The summed E-state index contributed by atoms with van der Waals surface area (Å²) in [5, 5.41) is 15.1. The normalized spacial score (nSPS) is 16.2. The zero-order chi connectivity index (χ0) is 15.2. The van der Waals surface area contributed by atoms with Gasteiger partial charge in [-0.3, -0.25) is 9.69 Å². The number of carboxylic acid groups (broad SMARTS) is 1. The molecule has 1 aliphatic heterocycles. The van der Waals surface area contributed by atoms with Gasteiger partial charge in [0.25, 0.3) is 0 Å². The molecule has 114 valence electrons. The number of carbonyl (C=O) groups is 2. The Bertz CT molecular complexity index is 528. The summed E-state index contributed by atoms with van der Waals surface area (Å²) in [5.74, 6) is -1.26. The molecule has 0 radical (unpaired) electrons. The van der Waals surface area contributed by atoms with E-state index >= 15 is 0 Å². The van der Waals surface area contributed by atoms with Crippen LogP contribution in [-0.4, -0.2) is 54.6 Å². The highest BCUT2D eigenvalue weighted by Crippen LogP contribution is 2.21. The standard InChI is InChI=1S/C14H18BrN3O3/c15-10-2-3-12(11(8-10)14(20)21)17-13(19)9-18-6-1-4-16-5-7-18/h2-3,8,16H,1,4-7,9H2,(H,17,19)(H,20,21). The van der Waals surface area contributed by atoms with Crippen LogP contribution in [0, 0.1) is 0 Å². The van der Waals surface area contributed by atoms with Gasteiger partial charge < -0.3 is 15.7 Å². The molecule has 0 saturated carbocycles. The molecule has 0 spiro atoms. The third kappa shape index (κ3) is 4.80. The lowest BCUT2D eigenvalue weighted by atomic mass is 10.2. The first-order valence-electron chi connectivity index (χ1n) is 6.82. The number of benzene rings is 1. The molecule has 0 unspecified atom stereocenters. The fourth-order valence-electron chi connectivity index (χ4n) is 2.25. The summed E-state index contributed by atoms with van der Waals surface area (Å²) < 4.78 is 0.663. The number of hydrogen-bond acceptors (Lipinski definition) is 4. The van der Waals surface area contributed by atoms with Crippen LogP contribution < -0.4 is 10.6 Å². The first kappa shape index (κ1) is 15.9. The summed E-state index contributed by atoms with van der Waals surface area (Å²) in [6, 6.07) is 4.78. The van der Waals surface area contributed by atoms with E-state index in [4.69, 9.17) is 0 Å². The molecule has 0 aliphatic carbocycles. The van der Waals surface area contributed by atoms with Gasteiger partial charge in [-0.1, -0.05) is 15.9 Å². The molecule has 1 aromatic carbocycles. The first-order chi connectivity index (χ1) is 10.1. The van der Waals surface area contributed by atoms with E-state index in [1.807, 2.05) is 0 Å². The van der Waals surface area contributed by atoms with Crippen LogP contribution in [-0.2, 0) is 4.79 Å². The smallest absolute Gasteiger partial charge is 0.337 e. The minimum absolute atomic E-state index is 0.0789. The summed E-state index contributed by atoms with van der Waals surface area (Å²) in [4.78, 5) is 25.3. The van der Waals surface area contributed by atoms with E-state index in [9.17, 15) is 14.7 Å². The summed E-state index contributed by atoms with van der Waals surface area (Å²) in [6.07, 6.45) is 1.01. The third-order valence-electron chi connectivity index (χ3n) is 3.29. The van der Waals surface area contributed by atoms with Crippen LogP contribution in [0.15, 0.2) is 22.7 Å². The van der Waals surface area contributed by atoms with Gasteiger partial charge in [-0.2, -0.15) is 0 Å². The largest absolute Gasteiger partial charge is 0.478 e. The van der Waals surface area contributed by atoms with E-state index in [2.05, 4.69) is 31.5 Å². The molecule has 1 heterocycles. The minimum atomic E-state index is -1.06. The summed E-state index contributed by atoms with van der Waals surface area (Å²) in [6.45, 7) is 3.79. The van der Waals surface area contributed by atoms with Gasteiger partial charge in [0, 0.05) is 17.6 Å². The summed E-state index contributed by atoms with van der Waals surface area (Å²) in [5.41, 5.74) is 0.402. The van der Waals surface area contributed by atoms with Crippen molar-refractivity contribution in [1.82, 2.24) is 10.2 Å². The Morgan fingerprint density at radius 3 is 2.90 bits per heavy atom. The van der Waals surface area contributed by atoms with Crippen molar-refractivity contribution < 1.29 is 14.7 Å². The van der Waals surface area contributed by atoms with Crippen molar-refractivity contribution in [2.75, 3.05) is 38.0 Å². The molecule has 1 fully saturated rings. The number of anilines is 1. The van der Waals surface area contributed by atoms with E-state index in [-0.39, 0.29) is 18.0 Å². The lowest BCUT2D eigenvalue weighted by molar-refractivity contribution is -0.117. The number of carbonyl (C=O) groups excluding carboxylic acids is 1. The van der Waals surface area contributed by atoms with Crippen LogP contribution >= 0.6 is 15.9 Å².